The highest BCUT2D eigenvalue weighted by Crippen LogP contribution is 2.49. The first kappa shape index (κ1) is 17.6. The van der Waals surface area contributed by atoms with E-state index in [2.05, 4.69) is 17.1 Å². The molecule has 26 heavy (non-hydrogen) atoms. The fourth-order valence-corrected chi connectivity index (χ4v) is 4.49. The second-order valence-electron chi connectivity index (χ2n) is 8.77. The van der Waals surface area contributed by atoms with Crippen molar-refractivity contribution in [1.29, 1.82) is 0 Å². The van der Waals surface area contributed by atoms with Crippen molar-refractivity contribution in [2.75, 3.05) is 19.8 Å². The zero-order valence-corrected chi connectivity index (χ0v) is 15.8. The average Bonchev–Trinajstić information content (AvgIpc) is 3.02. The first-order chi connectivity index (χ1) is 12.4. The van der Waals surface area contributed by atoms with Crippen LogP contribution >= 0.6 is 0 Å². The van der Waals surface area contributed by atoms with Crippen LogP contribution in [0, 0.1) is 5.41 Å². The predicted molar refractivity (Wildman–Crippen MR) is 97.7 cm³/mol. The molecule has 0 bridgehead atoms. The molecule has 1 saturated carbocycles. The molecule has 2 saturated heterocycles. The van der Waals surface area contributed by atoms with Gasteiger partial charge in [0.2, 0.25) is 5.91 Å². The van der Waals surface area contributed by atoms with Crippen LogP contribution in [0.4, 0.5) is 0 Å². The van der Waals surface area contributed by atoms with E-state index in [1.807, 2.05) is 30.1 Å². The Morgan fingerprint density at radius 1 is 1.27 bits per heavy atom. The predicted octanol–water partition coefficient (Wildman–Crippen LogP) is 2.10. The van der Waals surface area contributed by atoms with Gasteiger partial charge in [0.15, 0.2) is 0 Å². The van der Waals surface area contributed by atoms with Crippen molar-refractivity contribution in [3.8, 4) is 0 Å². The van der Waals surface area contributed by atoms with E-state index in [4.69, 9.17) is 4.74 Å². The first-order valence-corrected chi connectivity index (χ1v) is 9.70. The van der Waals surface area contributed by atoms with Crippen LogP contribution in [0.15, 0.2) is 18.5 Å². The van der Waals surface area contributed by atoms with Crippen molar-refractivity contribution in [2.45, 2.75) is 57.0 Å². The fraction of sp³-hybridized carbons (Fsp3) is 0.700. The molecule has 0 aromatic carbocycles. The summed E-state index contributed by atoms with van der Waals surface area (Å²) in [6, 6.07) is 1.84. The third-order valence-electron chi connectivity index (χ3n) is 6.44. The number of ether oxygens (including phenoxy) is 1. The molecular weight excluding hydrogens is 330 g/mol. The highest BCUT2D eigenvalue weighted by atomic mass is 16.5. The maximum absolute atomic E-state index is 13.0. The zero-order chi connectivity index (χ0) is 18.4. The third kappa shape index (κ3) is 3.39. The number of nitrogens with one attached hydrogen (secondary N) is 1. The number of aryl methyl sites for hydroxylation is 1. The molecule has 1 atom stereocenters. The summed E-state index contributed by atoms with van der Waals surface area (Å²) in [5.41, 5.74) is 0.730. The molecule has 142 valence electrons. The summed E-state index contributed by atoms with van der Waals surface area (Å²) in [4.78, 5) is 27.7. The number of carbonyl (C=O) groups is 2. The van der Waals surface area contributed by atoms with E-state index in [1.54, 1.807) is 0 Å². The molecule has 3 aliphatic rings. The number of hydrogen-bond acceptors (Lipinski definition) is 3. The Labute approximate surface area is 154 Å². The Balaban J connectivity index is 1.47. The summed E-state index contributed by atoms with van der Waals surface area (Å²) in [5.74, 6) is 0.199. The fourth-order valence-electron chi connectivity index (χ4n) is 4.49. The van der Waals surface area contributed by atoms with E-state index in [9.17, 15) is 9.59 Å². The van der Waals surface area contributed by atoms with Crippen molar-refractivity contribution < 1.29 is 14.3 Å². The summed E-state index contributed by atoms with van der Waals surface area (Å²) < 4.78 is 7.43. The van der Waals surface area contributed by atoms with Crippen molar-refractivity contribution in [3.63, 3.8) is 0 Å². The molecule has 2 aliphatic heterocycles. The molecule has 3 heterocycles. The monoisotopic (exact) mass is 359 g/mol. The van der Waals surface area contributed by atoms with Gasteiger partial charge in [-0.1, -0.05) is 6.92 Å². The van der Waals surface area contributed by atoms with E-state index in [0.29, 0.717) is 31.7 Å². The van der Waals surface area contributed by atoms with Crippen molar-refractivity contribution in [2.24, 2.45) is 12.5 Å². The highest BCUT2D eigenvalue weighted by molar-refractivity contribution is 5.94. The minimum absolute atomic E-state index is 0.0109. The smallest absolute Gasteiger partial charge is 0.253 e. The summed E-state index contributed by atoms with van der Waals surface area (Å²) >= 11 is 0. The molecule has 1 aromatic rings. The Kier molecular flexibility index (Phi) is 4.34. The van der Waals surface area contributed by atoms with E-state index in [-0.39, 0.29) is 28.8 Å². The van der Waals surface area contributed by atoms with Gasteiger partial charge in [-0.15, -0.1) is 0 Å². The van der Waals surface area contributed by atoms with Crippen LogP contribution < -0.4 is 5.32 Å². The van der Waals surface area contributed by atoms with Crippen LogP contribution in [0.3, 0.4) is 0 Å². The van der Waals surface area contributed by atoms with Gasteiger partial charge in [-0.2, -0.15) is 0 Å². The molecule has 1 N–H and O–H groups in total. The Bertz CT molecular complexity index is 701. The van der Waals surface area contributed by atoms with E-state index in [1.165, 1.54) is 0 Å². The largest absolute Gasteiger partial charge is 0.381 e. The lowest BCUT2D eigenvalue weighted by Crippen LogP contribution is -2.51. The summed E-state index contributed by atoms with van der Waals surface area (Å²) in [6.07, 6.45) is 9.20. The Morgan fingerprint density at radius 3 is 2.62 bits per heavy atom. The van der Waals surface area contributed by atoms with Gasteiger partial charge in [0.1, 0.15) is 0 Å². The molecule has 0 radical (unpaired) electrons. The molecule has 1 aromatic heterocycles. The van der Waals surface area contributed by atoms with Crippen LogP contribution in [0.2, 0.25) is 0 Å². The molecular formula is C20H29N3O3. The minimum atomic E-state index is -0.144. The summed E-state index contributed by atoms with van der Waals surface area (Å²) in [7, 11) is 1.90. The molecule has 6 nitrogen and oxygen atoms in total. The van der Waals surface area contributed by atoms with Crippen LogP contribution in [0.1, 0.15) is 55.8 Å². The van der Waals surface area contributed by atoms with Crippen LogP contribution in [0.25, 0.3) is 0 Å². The van der Waals surface area contributed by atoms with Gasteiger partial charge in [-0.25, -0.2) is 0 Å². The van der Waals surface area contributed by atoms with Gasteiger partial charge in [-0.05, 0) is 43.6 Å². The van der Waals surface area contributed by atoms with Gasteiger partial charge in [-0.3, -0.25) is 9.59 Å². The number of likely N-dealkylation sites (tertiary alicyclic amines) is 1. The van der Waals surface area contributed by atoms with Gasteiger partial charge in [0.05, 0.1) is 5.56 Å². The number of rotatable bonds is 4. The third-order valence-corrected chi connectivity index (χ3v) is 6.44. The standard InChI is InChI=1S/C20H29N3O3/c1-19(4-5-19)12-17(24)23-14-16(11-20(23)6-9-26-10-7-20)21-18(25)15-3-8-22(2)13-15/h3,8,13,16H,4-7,9-12,14H2,1-2H3,(H,21,25). The lowest BCUT2D eigenvalue weighted by molar-refractivity contribution is -0.139. The van der Waals surface area contributed by atoms with Crippen LogP contribution in [0.5, 0.6) is 0 Å². The quantitative estimate of drug-likeness (QED) is 0.895. The molecule has 4 rings (SSSR count). The Morgan fingerprint density at radius 2 is 2.00 bits per heavy atom. The maximum atomic E-state index is 13.0. The number of aromatic nitrogens is 1. The molecule has 1 unspecified atom stereocenters. The molecule has 3 fully saturated rings. The van der Waals surface area contributed by atoms with Crippen LogP contribution in [-0.4, -0.2) is 52.6 Å². The van der Waals surface area contributed by atoms with Crippen molar-refractivity contribution in [1.82, 2.24) is 14.8 Å². The second-order valence-corrected chi connectivity index (χ2v) is 8.77. The van der Waals surface area contributed by atoms with E-state index in [0.717, 1.165) is 32.1 Å². The first-order valence-electron chi connectivity index (χ1n) is 9.70. The lowest BCUT2D eigenvalue weighted by Gasteiger charge is -2.41. The molecule has 1 spiro atoms. The van der Waals surface area contributed by atoms with Gasteiger partial charge < -0.3 is 19.5 Å². The molecule has 1 aliphatic carbocycles. The highest BCUT2D eigenvalue weighted by Gasteiger charge is 2.50. The summed E-state index contributed by atoms with van der Waals surface area (Å²) in [6.45, 7) is 4.21. The topological polar surface area (TPSA) is 63.6 Å². The van der Waals surface area contributed by atoms with Gasteiger partial charge in [0, 0.05) is 57.2 Å². The SMILES string of the molecule is Cn1ccc(C(=O)NC2CN(C(=O)CC3(C)CC3)C3(CCOCC3)C2)c1. The average molecular weight is 359 g/mol. The zero-order valence-electron chi connectivity index (χ0n) is 15.8. The van der Waals surface area contributed by atoms with Gasteiger partial charge in [0.25, 0.3) is 5.91 Å². The Hall–Kier alpha value is -1.82. The van der Waals surface area contributed by atoms with Crippen LogP contribution in [-0.2, 0) is 16.6 Å². The molecule has 6 heteroatoms. The number of hydrogen-bond donors (Lipinski definition) is 1. The van der Waals surface area contributed by atoms with Gasteiger partial charge >= 0.3 is 0 Å². The number of nitrogens with zero attached hydrogens (tertiary/aromatic N) is 2. The molecule has 2 amide bonds. The van der Waals surface area contributed by atoms with E-state index < -0.39 is 0 Å². The summed E-state index contributed by atoms with van der Waals surface area (Å²) in [5, 5.41) is 3.16. The maximum Gasteiger partial charge on any atom is 0.253 e. The number of amides is 2. The normalized spacial score (nSPS) is 26.1. The number of carbonyl (C=O) groups excluding carboxylic acids is 2. The second kappa shape index (κ2) is 6.41. The van der Waals surface area contributed by atoms with Crippen molar-refractivity contribution in [3.05, 3.63) is 24.0 Å². The lowest BCUT2D eigenvalue weighted by atomic mass is 9.86. The van der Waals surface area contributed by atoms with Crippen molar-refractivity contribution >= 4 is 11.8 Å². The minimum Gasteiger partial charge on any atom is -0.381 e. The van der Waals surface area contributed by atoms with E-state index >= 15 is 0 Å².